The Morgan fingerprint density at radius 1 is 0.714 bits per heavy atom. The third kappa shape index (κ3) is 3710. The fraction of sp³-hybridized carbons (Fsp3) is 0. The summed E-state index contributed by atoms with van der Waals surface area (Å²) in [6, 6.07) is 0. The zero-order valence-electron chi connectivity index (χ0n) is 3.79. The van der Waals surface area contributed by atoms with Crippen molar-refractivity contribution >= 4 is 37.2 Å². The highest BCUT2D eigenvalue weighted by Crippen LogP contribution is 0.862. The van der Waals surface area contributed by atoms with Crippen LogP contribution in [0, 0.1) is 12.8 Å². The average Bonchev–Trinajstić information content (AvgIpc) is 1.50. The van der Waals surface area contributed by atoms with E-state index in [4.69, 9.17) is 0 Å². The number of hydrogen-bond acceptors (Lipinski definition) is 0. The first-order valence-corrected chi connectivity index (χ1v) is 0.833. The molecule has 0 amide bonds. The molecule has 0 fully saturated rings. The van der Waals surface area contributed by atoms with Crippen molar-refractivity contribution in [2.45, 2.75) is 0 Å². The number of hydrogen-bond donors (Lipinski definition) is 0. The second-order valence-corrected chi connectivity index (χ2v) is 0. The summed E-state index contributed by atoms with van der Waals surface area (Å²) in [5, 5.41) is 0. The van der Waals surface area contributed by atoms with Gasteiger partial charge in [0.2, 0.25) is 0 Å². The molecular formula is C4H9Cl3. The molecule has 46 valence electrons. The van der Waals surface area contributed by atoms with Crippen molar-refractivity contribution in [3.05, 3.63) is 13.2 Å². The van der Waals surface area contributed by atoms with Crippen LogP contribution in [0.2, 0.25) is 0 Å². The lowest BCUT2D eigenvalue weighted by molar-refractivity contribution is 2.81. The molecule has 0 aromatic carbocycles. The van der Waals surface area contributed by atoms with E-state index in [1.54, 1.807) is 0 Å². The van der Waals surface area contributed by atoms with E-state index in [1.165, 1.54) is 0 Å². The van der Waals surface area contributed by atoms with Crippen LogP contribution in [0.5, 0.6) is 0 Å². The highest BCUT2D eigenvalue weighted by atomic mass is 35.5. The molecule has 0 aromatic rings. The summed E-state index contributed by atoms with van der Waals surface area (Å²) in [6.07, 6.45) is 8.00. The molecule has 0 saturated heterocycles. The molecule has 0 atom stereocenters. The van der Waals surface area contributed by atoms with Gasteiger partial charge in [-0.3, -0.25) is 0 Å². The van der Waals surface area contributed by atoms with Crippen LogP contribution in [0.25, 0.3) is 0 Å². The third-order valence-corrected chi connectivity index (χ3v) is 0. The van der Waals surface area contributed by atoms with E-state index >= 15 is 0 Å². The van der Waals surface area contributed by atoms with E-state index in [9.17, 15) is 0 Å². The molecule has 0 rings (SSSR count). The molecule has 0 aliphatic carbocycles. The quantitative estimate of drug-likeness (QED) is 0.380. The van der Waals surface area contributed by atoms with Crippen LogP contribution in [-0.2, 0) is 0 Å². The molecule has 0 radical (unpaired) electrons. The molecule has 0 aliphatic rings. The Balaban J connectivity index is -0.00000000267. The molecule has 0 N–H and O–H groups in total. The van der Waals surface area contributed by atoms with Crippen LogP contribution in [-0.4, -0.2) is 0 Å². The van der Waals surface area contributed by atoms with E-state index in [2.05, 4.69) is 26.0 Å². The summed E-state index contributed by atoms with van der Waals surface area (Å²) < 4.78 is 0. The van der Waals surface area contributed by atoms with E-state index in [0.717, 1.165) is 0 Å². The molecule has 7 heavy (non-hydrogen) atoms. The zero-order chi connectivity index (χ0) is 4.00. The van der Waals surface area contributed by atoms with Crippen LogP contribution in [0.15, 0.2) is 13.2 Å². The topological polar surface area (TPSA) is 0 Å². The van der Waals surface area contributed by atoms with Gasteiger partial charge in [0, 0.05) is 0 Å². The SMILES string of the molecule is C#C.C=C.Cl.Cl.Cl. The van der Waals surface area contributed by atoms with Crippen LogP contribution in [0.4, 0.5) is 0 Å². The molecule has 0 spiro atoms. The lowest BCUT2D eigenvalue weighted by Crippen LogP contribution is -0.576. The number of halogens is 3. The van der Waals surface area contributed by atoms with E-state index < -0.39 is 0 Å². The fourth-order valence-electron chi connectivity index (χ4n) is 0. The fourth-order valence-corrected chi connectivity index (χ4v) is 0. The molecule has 0 saturated carbocycles. The predicted octanol–water partition coefficient (Wildman–Crippen LogP) is 2.32. The van der Waals surface area contributed by atoms with Crippen molar-refractivity contribution < 1.29 is 0 Å². The van der Waals surface area contributed by atoms with Crippen molar-refractivity contribution in [1.29, 1.82) is 0 Å². The lowest BCUT2D eigenvalue weighted by atomic mass is 11.3. The van der Waals surface area contributed by atoms with Crippen LogP contribution >= 0.6 is 37.2 Å². The van der Waals surface area contributed by atoms with Gasteiger partial charge in [0.1, 0.15) is 0 Å². The molecular weight excluding hydrogens is 154 g/mol. The van der Waals surface area contributed by atoms with Gasteiger partial charge >= 0.3 is 0 Å². The Kier molecular flexibility index (Phi) is 47300. The van der Waals surface area contributed by atoms with Gasteiger partial charge in [0.05, 0.1) is 0 Å². The Morgan fingerprint density at radius 3 is 0.714 bits per heavy atom. The molecule has 0 unspecified atom stereocenters. The number of rotatable bonds is 0. The average molecular weight is 163 g/mol. The second-order valence-electron chi connectivity index (χ2n) is 0. The first kappa shape index (κ1) is 58.0. The van der Waals surface area contributed by atoms with E-state index in [1.807, 2.05) is 0 Å². The zero-order valence-corrected chi connectivity index (χ0v) is 6.24. The van der Waals surface area contributed by atoms with E-state index in [-0.39, 0.29) is 37.2 Å². The molecule has 0 nitrogen and oxygen atoms in total. The Labute approximate surface area is 63.6 Å². The summed E-state index contributed by atoms with van der Waals surface area (Å²) in [4.78, 5) is 0. The number of terminal acetylenes is 1. The molecule has 0 aliphatic heterocycles. The Morgan fingerprint density at radius 2 is 0.714 bits per heavy atom. The van der Waals surface area contributed by atoms with Crippen molar-refractivity contribution in [3.8, 4) is 12.8 Å². The minimum absolute atomic E-state index is 0. The van der Waals surface area contributed by atoms with Crippen molar-refractivity contribution in [2.75, 3.05) is 0 Å². The van der Waals surface area contributed by atoms with Gasteiger partial charge in [0.25, 0.3) is 0 Å². The standard InChI is InChI=1S/C2H4.C2H2.3ClH/c2*1-2;;;/h1-2H2;1-2H;3*1H. The predicted molar refractivity (Wildman–Crippen MR) is 42.9 cm³/mol. The first-order valence-electron chi connectivity index (χ1n) is 0.833. The third-order valence-electron chi connectivity index (χ3n) is 0. The van der Waals surface area contributed by atoms with Crippen LogP contribution < -0.4 is 0 Å². The van der Waals surface area contributed by atoms with Gasteiger partial charge in [-0.2, -0.15) is 0 Å². The van der Waals surface area contributed by atoms with Gasteiger partial charge in [-0.05, 0) is 0 Å². The van der Waals surface area contributed by atoms with Gasteiger partial charge in [-0.1, -0.05) is 0 Å². The van der Waals surface area contributed by atoms with Crippen molar-refractivity contribution in [2.24, 2.45) is 0 Å². The van der Waals surface area contributed by atoms with Crippen LogP contribution in [0.1, 0.15) is 0 Å². The van der Waals surface area contributed by atoms with Crippen LogP contribution in [0.3, 0.4) is 0 Å². The summed E-state index contributed by atoms with van der Waals surface area (Å²) in [7, 11) is 0. The van der Waals surface area contributed by atoms with Gasteiger partial charge < -0.3 is 0 Å². The highest BCUT2D eigenvalue weighted by molar-refractivity contribution is 5.86. The van der Waals surface area contributed by atoms with Crippen molar-refractivity contribution in [3.63, 3.8) is 0 Å². The summed E-state index contributed by atoms with van der Waals surface area (Å²) in [6.45, 7) is 6.00. The second kappa shape index (κ2) is 5710. The lowest BCUT2D eigenvalue weighted by Gasteiger charge is -0.813. The highest BCUT2D eigenvalue weighted by Gasteiger charge is 0.601. The summed E-state index contributed by atoms with van der Waals surface area (Å²) >= 11 is 0. The van der Waals surface area contributed by atoms with E-state index in [0.29, 0.717) is 0 Å². The Bertz CT molecular complexity index is 18.1. The normalized spacial score (nSPS) is 0.857. The molecule has 0 aromatic heterocycles. The maximum absolute atomic E-state index is 4.00. The molecule has 0 bridgehead atoms. The Hall–Kier alpha value is 0.170. The summed E-state index contributed by atoms with van der Waals surface area (Å²) in [5.41, 5.74) is 0. The van der Waals surface area contributed by atoms with Gasteiger partial charge in [-0.15, -0.1) is 63.2 Å². The first-order chi connectivity index (χ1) is 2.00. The largest absolute Gasteiger partial charge is 0.147 e. The minimum atomic E-state index is 0. The summed E-state index contributed by atoms with van der Waals surface area (Å²) in [5.74, 6) is 0. The molecule has 0 heterocycles. The van der Waals surface area contributed by atoms with Gasteiger partial charge in [0.15, 0.2) is 0 Å². The molecule has 3 heteroatoms. The van der Waals surface area contributed by atoms with Gasteiger partial charge in [-0.25, -0.2) is 0 Å². The monoisotopic (exact) mass is 162 g/mol. The minimum Gasteiger partial charge on any atom is -0.147 e. The smallest absolute Gasteiger partial charge is 0.106 e. The van der Waals surface area contributed by atoms with Crippen molar-refractivity contribution in [1.82, 2.24) is 0 Å². The maximum Gasteiger partial charge on any atom is -0.106 e. The maximum atomic E-state index is 4.00.